The van der Waals surface area contributed by atoms with Crippen LogP contribution >= 0.6 is 0 Å². The lowest BCUT2D eigenvalue weighted by Gasteiger charge is -2.37. The van der Waals surface area contributed by atoms with Gasteiger partial charge in [-0.2, -0.15) is 0 Å². The Labute approximate surface area is 143 Å². The van der Waals surface area contributed by atoms with E-state index in [-0.39, 0.29) is 5.41 Å². The van der Waals surface area contributed by atoms with E-state index in [2.05, 4.69) is 45.0 Å². The molecule has 0 bridgehead atoms. The average molecular weight is 314 g/mol. The van der Waals surface area contributed by atoms with E-state index in [9.17, 15) is 0 Å². The van der Waals surface area contributed by atoms with Crippen LogP contribution in [0.3, 0.4) is 0 Å². The number of hydrogen-bond acceptors (Lipinski definition) is 1. The van der Waals surface area contributed by atoms with Crippen molar-refractivity contribution in [2.75, 3.05) is 6.54 Å². The number of rotatable bonds is 3. The number of nitrogens with two attached hydrogens (primary N) is 1. The van der Waals surface area contributed by atoms with Crippen LogP contribution in [0.1, 0.15) is 89.2 Å². The maximum atomic E-state index is 6.20. The molecule has 0 aromatic heterocycles. The summed E-state index contributed by atoms with van der Waals surface area (Å²) in [6, 6.07) is 9.50. The van der Waals surface area contributed by atoms with Crippen molar-refractivity contribution in [2.45, 2.75) is 83.5 Å². The highest BCUT2D eigenvalue weighted by molar-refractivity contribution is 5.33. The Morgan fingerprint density at radius 3 is 2.26 bits per heavy atom. The van der Waals surface area contributed by atoms with Crippen LogP contribution in [-0.2, 0) is 5.41 Å². The van der Waals surface area contributed by atoms with E-state index >= 15 is 0 Å². The molecule has 2 saturated carbocycles. The van der Waals surface area contributed by atoms with Gasteiger partial charge in [-0.15, -0.1) is 0 Å². The van der Waals surface area contributed by atoms with E-state index in [4.69, 9.17) is 5.73 Å². The van der Waals surface area contributed by atoms with E-state index in [1.54, 1.807) is 5.56 Å². The molecule has 0 atom stereocenters. The minimum Gasteiger partial charge on any atom is -0.330 e. The molecule has 2 aliphatic carbocycles. The van der Waals surface area contributed by atoms with Gasteiger partial charge in [0.15, 0.2) is 0 Å². The average Bonchev–Trinajstić information content (AvgIpc) is 3.05. The van der Waals surface area contributed by atoms with Crippen LogP contribution in [-0.4, -0.2) is 6.54 Å². The zero-order valence-corrected chi connectivity index (χ0v) is 15.4. The Balaban J connectivity index is 1.74. The largest absolute Gasteiger partial charge is 0.330 e. The molecule has 0 unspecified atom stereocenters. The van der Waals surface area contributed by atoms with Gasteiger partial charge in [-0.1, -0.05) is 57.9 Å². The van der Waals surface area contributed by atoms with Crippen LogP contribution in [0.5, 0.6) is 0 Å². The molecule has 1 heteroatoms. The van der Waals surface area contributed by atoms with Crippen LogP contribution in [0.4, 0.5) is 0 Å². The summed E-state index contributed by atoms with van der Waals surface area (Å²) < 4.78 is 0. The standard InChI is InChI=1S/C22H35N/c1-21(2,3)19-11-9-17(10-12-19)18-7-6-8-20(15-18)22(16-23)13-4-5-14-22/h6-8,15,17,19H,4-5,9-14,16,23H2,1-3H3. The third-order valence-corrected chi connectivity index (χ3v) is 6.87. The third kappa shape index (κ3) is 3.50. The molecule has 2 aliphatic rings. The lowest BCUT2D eigenvalue weighted by Crippen LogP contribution is -2.32. The normalized spacial score (nSPS) is 28.0. The predicted molar refractivity (Wildman–Crippen MR) is 99.8 cm³/mol. The first-order valence-electron chi connectivity index (χ1n) is 9.75. The highest BCUT2D eigenvalue weighted by Crippen LogP contribution is 2.45. The van der Waals surface area contributed by atoms with Gasteiger partial charge in [-0.25, -0.2) is 0 Å². The first-order chi connectivity index (χ1) is 10.9. The first kappa shape index (κ1) is 17.0. The van der Waals surface area contributed by atoms with Gasteiger partial charge in [0.2, 0.25) is 0 Å². The van der Waals surface area contributed by atoms with Gasteiger partial charge >= 0.3 is 0 Å². The maximum Gasteiger partial charge on any atom is 0.00756 e. The van der Waals surface area contributed by atoms with Gasteiger partial charge in [-0.3, -0.25) is 0 Å². The number of hydrogen-bond donors (Lipinski definition) is 1. The molecule has 0 aliphatic heterocycles. The number of benzene rings is 1. The predicted octanol–water partition coefficient (Wildman–Crippen LogP) is 5.78. The van der Waals surface area contributed by atoms with Crippen molar-refractivity contribution < 1.29 is 0 Å². The first-order valence-corrected chi connectivity index (χ1v) is 9.75. The summed E-state index contributed by atoms with van der Waals surface area (Å²) in [5, 5.41) is 0. The fourth-order valence-corrected chi connectivity index (χ4v) is 5.08. The molecule has 1 aromatic rings. The van der Waals surface area contributed by atoms with Crippen LogP contribution in [0.15, 0.2) is 24.3 Å². The monoisotopic (exact) mass is 313 g/mol. The molecule has 0 spiro atoms. The molecule has 2 fully saturated rings. The van der Waals surface area contributed by atoms with E-state index in [1.165, 1.54) is 56.9 Å². The van der Waals surface area contributed by atoms with E-state index in [1.807, 2.05) is 0 Å². The van der Waals surface area contributed by atoms with E-state index in [0.717, 1.165) is 18.4 Å². The molecule has 0 saturated heterocycles. The Bertz CT molecular complexity index is 511. The summed E-state index contributed by atoms with van der Waals surface area (Å²) >= 11 is 0. The van der Waals surface area contributed by atoms with Crippen LogP contribution in [0.2, 0.25) is 0 Å². The minimum atomic E-state index is 0.276. The van der Waals surface area contributed by atoms with Crippen molar-refractivity contribution >= 4 is 0 Å². The molecular weight excluding hydrogens is 278 g/mol. The van der Waals surface area contributed by atoms with Gasteiger partial charge in [-0.05, 0) is 66.9 Å². The molecule has 3 rings (SSSR count). The molecule has 128 valence electrons. The lowest BCUT2D eigenvalue weighted by atomic mass is 9.68. The smallest absolute Gasteiger partial charge is 0.00756 e. The van der Waals surface area contributed by atoms with Crippen molar-refractivity contribution in [2.24, 2.45) is 17.1 Å². The van der Waals surface area contributed by atoms with E-state index < -0.39 is 0 Å². The summed E-state index contributed by atoms with van der Waals surface area (Å²) in [7, 11) is 0. The summed E-state index contributed by atoms with van der Waals surface area (Å²) in [4.78, 5) is 0. The second kappa shape index (κ2) is 6.59. The third-order valence-electron chi connectivity index (χ3n) is 6.87. The van der Waals surface area contributed by atoms with Crippen molar-refractivity contribution in [3.8, 4) is 0 Å². The topological polar surface area (TPSA) is 26.0 Å². The van der Waals surface area contributed by atoms with Gasteiger partial charge in [0.25, 0.3) is 0 Å². The molecule has 0 radical (unpaired) electrons. The fraction of sp³-hybridized carbons (Fsp3) is 0.727. The molecule has 0 heterocycles. The molecule has 23 heavy (non-hydrogen) atoms. The molecule has 1 nitrogen and oxygen atoms in total. The Hall–Kier alpha value is -0.820. The van der Waals surface area contributed by atoms with E-state index in [0.29, 0.717) is 5.41 Å². The quantitative estimate of drug-likeness (QED) is 0.752. The van der Waals surface area contributed by atoms with Gasteiger partial charge in [0.05, 0.1) is 0 Å². The zero-order chi connectivity index (χ0) is 16.5. The van der Waals surface area contributed by atoms with Gasteiger partial charge in [0, 0.05) is 12.0 Å². The molecular formula is C22H35N. The van der Waals surface area contributed by atoms with Crippen LogP contribution < -0.4 is 5.73 Å². The minimum absolute atomic E-state index is 0.276. The van der Waals surface area contributed by atoms with Crippen LogP contribution in [0.25, 0.3) is 0 Å². The summed E-state index contributed by atoms with van der Waals surface area (Å²) in [5.74, 6) is 1.66. The highest BCUT2D eigenvalue weighted by atomic mass is 14.6. The van der Waals surface area contributed by atoms with Gasteiger partial charge < -0.3 is 5.73 Å². The molecule has 1 aromatic carbocycles. The van der Waals surface area contributed by atoms with Crippen molar-refractivity contribution in [3.05, 3.63) is 35.4 Å². The highest BCUT2D eigenvalue weighted by Gasteiger charge is 2.35. The second-order valence-electron chi connectivity index (χ2n) is 9.23. The Morgan fingerprint density at radius 1 is 1.04 bits per heavy atom. The summed E-state index contributed by atoms with van der Waals surface area (Å²) in [6.45, 7) is 8.03. The SMILES string of the molecule is CC(C)(C)C1CCC(c2cccc(C3(CN)CCCC3)c2)CC1. The Morgan fingerprint density at radius 2 is 1.70 bits per heavy atom. The molecule has 2 N–H and O–H groups in total. The Kier molecular flexibility index (Phi) is 4.88. The maximum absolute atomic E-state index is 6.20. The summed E-state index contributed by atoms with van der Waals surface area (Å²) in [5.41, 5.74) is 10.0. The van der Waals surface area contributed by atoms with Crippen molar-refractivity contribution in [1.29, 1.82) is 0 Å². The molecule has 0 amide bonds. The van der Waals surface area contributed by atoms with Crippen LogP contribution in [0, 0.1) is 11.3 Å². The van der Waals surface area contributed by atoms with Crippen molar-refractivity contribution in [1.82, 2.24) is 0 Å². The van der Waals surface area contributed by atoms with Crippen molar-refractivity contribution in [3.63, 3.8) is 0 Å². The lowest BCUT2D eigenvalue weighted by molar-refractivity contribution is 0.169. The summed E-state index contributed by atoms with van der Waals surface area (Å²) in [6.07, 6.45) is 10.8. The second-order valence-corrected chi connectivity index (χ2v) is 9.23. The fourth-order valence-electron chi connectivity index (χ4n) is 5.08. The van der Waals surface area contributed by atoms with Gasteiger partial charge in [0.1, 0.15) is 0 Å². The zero-order valence-electron chi connectivity index (χ0n) is 15.4.